The highest BCUT2D eigenvalue weighted by atomic mass is 35.5. The first-order valence-corrected chi connectivity index (χ1v) is 7.95. The van der Waals surface area contributed by atoms with Crippen molar-refractivity contribution in [2.24, 2.45) is 7.05 Å². The maximum Gasteiger partial charge on any atom is 0.264 e. The van der Waals surface area contributed by atoms with E-state index in [0.717, 1.165) is 0 Å². The maximum atomic E-state index is 12.4. The molecule has 0 aliphatic heterocycles. The molecule has 1 N–H and O–H groups in total. The standard InChI is InChI=1S/C12H13Cl2N3O2S/c1-7-11(8(2)17(3)15-7)16-20(18,19)12-9(13)5-4-6-10(12)14/h4-6,16H,1-3H3. The third-order valence-electron chi connectivity index (χ3n) is 2.93. The first kappa shape index (κ1) is 15.2. The zero-order valence-electron chi connectivity index (χ0n) is 11.1. The van der Waals surface area contributed by atoms with Crippen LogP contribution in [0.1, 0.15) is 11.4 Å². The topological polar surface area (TPSA) is 64.0 Å². The van der Waals surface area contributed by atoms with Crippen molar-refractivity contribution in [2.45, 2.75) is 18.7 Å². The second-order valence-electron chi connectivity index (χ2n) is 4.33. The summed E-state index contributed by atoms with van der Waals surface area (Å²) in [5.41, 5.74) is 1.72. The summed E-state index contributed by atoms with van der Waals surface area (Å²) in [6.45, 7) is 3.49. The first-order chi connectivity index (χ1) is 9.24. The van der Waals surface area contributed by atoms with Crippen LogP contribution in [0.2, 0.25) is 10.0 Å². The number of hydrogen-bond donors (Lipinski definition) is 1. The van der Waals surface area contributed by atoms with Gasteiger partial charge in [-0.05, 0) is 26.0 Å². The molecule has 0 atom stereocenters. The van der Waals surface area contributed by atoms with Gasteiger partial charge in [-0.15, -0.1) is 0 Å². The van der Waals surface area contributed by atoms with Gasteiger partial charge >= 0.3 is 0 Å². The number of sulfonamides is 1. The molecule has 1 aromatic heterocycles. The number of aryl methyl sites for hydroxylation is 2. The van der Waals surface area contributed by atoms with Crippen molar-refractivity contribution in [3.8, 4) is 0 Å². The van der Waals surface area contributed by atoms with Crippen LogP contribution in [0.4, 0.5) is 5.69 Å². The van der Waals surface area contributed by atoms with Gasteiger partial charge in [0.2, 0.25) is 0 Å². The number of hydrogen-bond acceptors (Lipinski definition) is 3. The summed E-state index contributed by atoms with van der Waals surface area (Å²) in [5.74, 6) is 0. The Hall–Kier alpha value is -1.24. The van der Waals surface area contributed by atoms with Gasteiger partial charge in [0.15, 0.2) is 0 Å². The van der Waals surface area contributed by atoms with Gasteiger partial charge in [0.25, 0.3) is 10.0 Å². The molecule has 1 heterocycles. The number of halogens is 2. The summed E-state index contributed by atoms with van der Waals surface area (Å²) >= 11 is 11.9. The lowest BCUT2D eigenvalue weighted by Crippen LogP contribution is -2.15. The smallest absolute Gasteiger partial charge is 0.264 e. The monoisotopic (exact) mass is 333 g/mol. The molecular formula is C12H13Cl2N3O2S. The predicted octanol–water partition coefficient (Wildman–Crippen LogP) is 3.14. The highest BCUT2D eigenvalue weighted by Gasteiger charge is 2.24. The van der Waals surface area contributed by atoms with Crippen molar-refractivity contribution in [3.05, 3.63) is 39.6 Å². The molecule has 0 radical (unpaired) electrons. The molecule has 5 nitrogen and oxygen atoms in total. The zero-order chi connectivity index (χ0) is 15.1. The third-order valence-corrected chi connectivity index (χ3v) is 5.24. The molecule has 8 heteroatoms. The van der Waals surface area contributed by atoms with Gasteiger partial charge in [0, 0.05) is 7.05 Å². The summed E-state index contributed by atoms with van der Waals surface area (Å²) < 4.78 is 29.0. The number of benzene rings is 1. The minimum absolute atomic E-state index is 0.0733. The van der Waals surface area contributed by atoms with E-state index in [1.165, 1.54) is 12.1 Å². The van der Waals surface area contributed by atoms with E-state index in [1.54, 1.807) is 31.6 Å². The molecule has 1 aromatic carbocycles. The predicted molar refractivity (Wildman–Crippen MR) is 80.0 cm³/mol. The van der Waals surface area contributed by atoms with Crippen LogP contribution in [-0.4, -0.2) is 18.2 Å². The Morgan fingerprint density at radius 1 is 1.20 bits per heavy atom. The number of nitrogens with one attached hydrogen (secondary N) is 1. The van der Waals surface area contributed by atoms with E-state index in [-0.39, 0.29) is 14.9 Å². The number of anilines is 1. The molecule has 0 aliphatic carbocycles. The van der Waals surface area contributed by atoms with E-state index in [2.05, 4.69) is 9.82 Å². The normalized spacial score (nSPS) is 11.7. The Kier molecular flexibility index (Phi) is 4.00. The van der Waals surface area contributed by atoms with Crippen molar-refractivity contribution >= 4 is 38.9 Å². The van der Waals surface area contributed by atoms with Gasteiger partial charge < -0.3 is 0 Å². The molecule has 0 spiro atoms. The van der Waals surface area contributed by atoms with Gasteiger partial charge in [-0.2, -0.15) is 5.10 Å². The highest BCUT2D eigenvalue weighted by Crippen LogP contribution is 2.31. The molecule has 0 bridgehead atoms. The fourth-order valence-electron chi connectivity index (χ4n) is 1.85. The third kappa shape index (κ3) is 2.63. The SMILES string of the molecule is Cc1nn(C)c(C)c1NS(=O)(=O)c1c(Cl)cccc1Cl. The lowest BCUT2D eigenvalue weighted by molar-refractivity contribution is 0.601. The average molecular weight is 334 g/mol. The Balaban J connectivity index is 2.52. The first-order valence-electron chi connectivity index (χ1n) is 5.71. The van der Waals surface area contributed by atoms with Crippen molar-refractivity contribution in [1.82, 2.24) is 9.78 Å². The van der Waals surface area contributed by atoms with Crippen molar-refractivity contribution in [3.63, 3.8) is 0 Å². The van der Waals surface area contributed by atoms with Crippen molar-refractivity contribution in [1.29, 1.82) is 0 Å². The molecule has 0 fully saturated rings. The fraction of sp³-hybridized carbons (Fsp3) is 0.250. The van der Waals surface area contributed by atoms with E-state index in [0.29, 0.717) is 17.1 Å². The number of aromatic nitrogens is 2. The number of nitrogens with zero attached hydrogens (tertiary/aromatic N) is 2. The van der Waals surface area contributed by atoms with Crippen LogP contribution >= 0.6 is 23.2 Å². The van der Waals surface area contributed by atoms with E-state index in [4.69, 9.17) is 23.2 Å². The minimum atomic E-state index is -3.87. The summed E-state index contributed by atoms with van der Waals surface area (Å²) in [4.78, 5) is -0.133. The van der Waals surface area contributed by atoms with Crippen LogP contribution in [0.15, 0.2) is 23.1 Å². The Morgan fingerprint density at radius 2 is 1.75 bits per heavy atom. The van der Waals surface area contributed by atoms with E-state index < -0.39 is 10.0 Å². The fourth-order valence-corrected chi connectivity index (χ4v) is 4.17. The second kappa shape index (κ2) is 5.27. The van der Waals surface area contributed by atoms with Gasteiger partial charge in [0.05, 0.1) is 27.1 Å². The maximum absolute atomic E-state index is 12.4. The zero-order valence-corrected chi connectivity index (χ0v) is 13.4. The van der Waals surface area contributed by atoms with E-state index in [9.17, 15) is 8.42 Å². The van der Waals surface area contributed by atoms with Gasteiger partial charge in [0.1, 0.15) is 4.90 Å². The summed E-state index contributed by atoms with van der Waals surface area (Å²) in [6, 6.07) is 4.54. The molecule has 2 aromatic rings. The lowest BCUT2D eigenvalue weighted by Gasteiger charge is -2.11. The number of rotatable bonds is 3. The van der Waals surface area contributed by atoms with Gasteiger partial charge in [-0.3, -0.25) is 9.40 Å². The van der Waals surface area contributed by atoms with Crippen molar-refractivity contribution in [2.75, 3.05) is 4.72 Å². The Bertz CT molecular complexity index is 749. The molecular weight excluding hydrogens is 321 g/mol. The largest absolute Gasteiger partial charge is 0.276 e. The average Bonchev–Trinajstić information content (AvgIpc) is 2.55. The summed E-state index contributed by atoms with van der Waals surface area (Å²) in [6.07, 6.45) is 0. The van der Waals surface area contributed by atoms with Crippen LogP contribution in [-0.2, 0) is 17.1 Å². The molecule has 20 heavy (non-hydrogen) atoms. The van der Waals surface area contributed by atoms with Crippen LogP contribution in [0.5, 0.6) is 0 Å². The highest BCUT2D eigenvalue weighted by molar-refractivity contribution is 7.93. The Labute approximate surface area is 127 Å². The van der Waals surface area contributed by atoms with Crippen LogP contribution in [0.25, 0.3) is 0 Å². The second-order valence-corrected chi connectivity index (χ2v) is 6.76. The van der Waals surface area contributed by atoms with Gasteiger partial charge in [-0.25, -0.2) is 8.42 Å². The van der Waals surface area contributed by atoms with Crippen molar-refractivity contribution < 1.29 is 8.42 Å². The molecule has 108 valence electrons. The summed E-state index contributed by atoms with van der Waals surface area (Å²) in [5, 5.41) is 4.30. The van der Waals surface area contributed by atoms with Crippen LogP contribution in [0.3, 0.4) is 0 Å². The van der Waals surface area contributed by atoms with Gasteiger partial charge in [-0.1, -0.05) is 29.3 Å². The Morgan fingerprint density at radius 3 is 2.20 bits per heavy atom. The van der Waals surface area contributed by atoms with Crippen LogP contribution < -0.4 is 4.72 Å². The molecule has 0 saturated carbocycles. The minimum Gasteiger partial charge on any atom is -0.276 e. The molecule has 0 saturated heterocycles. The molecule has 0 aliphatic rings. The van der Waals surface area contributed by atoms with E-state index >= 15 is 0 Å². The van der Waals surface area contributed by atoms with Crippen LogP contribution in [0, 0.1) is 13.8 Å². The molecule has 2 rings (SSSR count). The quantitative estimate of drug-likeness (QED) is 0.938. The van der Waals surface area contributed by atoms with E-state index in [1.807, 2.05) is 0 Å². The molecule has 0 amide bonds. The molecule has 0 unspecified atom stereocenters. The lowest BCUT2D eigenvalue weighted by atomic mass is 10.3. The summed E-state index contributed by atoms with van der Waals surface area (Å²) in [7, 11) is -2.13.